The molecule has 0 radical (unpaired) electrons. The molecule has 1 atom stereocenters. The minimum Gasteiger partial charge on any atom is -0.383 e. The fraction of sp³-hybridized carbons (Fsp3) is 0.261. The van der Waals surface area contributed by atoms with Crippen LogP contribution in [-0.4, -0.2) is 46.6 Å². The van der Waals surface area contributed by atoms with Crippen molar-refractivity contribution in [3.05, 3.63) is 59.2 Å². The van der Waals surface area contributed by atoms with Crippen LogP contribution >= 0.6 is 11.3 Å². The van der Waals surface area contributed by atoms with Crippen LogP contribution in [0.25, 0.3) is 22.0 Å². The van der Waals surface area contributed by atoms with Gasteiger partial charge in [0.05, 0.1) is 5.69 Å². The third-order valence-electron chi connectivity index (χ3n) is 6.14. The number of halogens is 3. The number of benzene rings is 1. The number of pyridine rings is 1. The van der Waals surface area contributed by atoms with Gasteiger partial charge >= 0.3 is 6.18 Å². The smallest absolute Gasteiger partial charge is 0.383 e. The number of hydrogen-bond acceptors (Lipinski definition) is 7. The molecule has 0 aliphatic carbocycles. The van der Waals surface area contributed by atoms with Crippen molar-refractivity contribution in [2.45, 2.75) is 29.4 Å². The van der Waals surface area contributed by atoms with Gasteiger partial charge in [0.2, 0.25) is 5.91 Å². The zero-order chi connectivity index (χ0) is 26.5. The maximum absolute atomic E-state index is 13.1. The lowest BCUT2D eigenvalue weighted by molar-refractivity contribution is -0.143. The number of alkyl halides is 3. The predicted molar refractivity (Wildman–Crippen MR) is 132 cm³/mol. The molecule has 4 aromatic rings. The number of anilines is 1. The lowest BCUT2D eigenvalue weighted by Crippen LogP contribution is -2.41. The lowest BCUT2D eigenvalue weighted by Gasteiger charge is -2.17. The van der Waals surface area contributed by atoms with Gasteiger partial charge in [-0.05, 0) is 41.6 Å². The normalized spacial score (nSPS) is 16.7. The third-order valence-corrected chi connectivity index (χ3v) is 9.05. The average Bonchev–Trinajstić information content (AvgIpc) is 3.55. The molecule has 5 rings (SSSR count). The molecular weight excluding hydrogens is 529 g/mol. The van der Waals surface area contributed by atoms with Gasteiger partial charge in [-0.3, -0.25) is 9.48 Å². The first-order valence-electron chi connectivity index (χ1n) is 11.1. The molecule has 1 unspecified atom stereocenters. The van der Waals surface area contributed by atoms with E-state index in [4.69, 9.17) is 5.73 Å². The fourth-order valence-electron chi connectivity index (χ4n) is 4.27. The first kappa shape index (κ1) is 25.2. The van der Waals surface area contributed by atoms with Crippen molar-refractivity contribution in [1.82, 2.24) is 24.4 Å². The second-order valence-corrected chi connectivity index (χ2v) is 11.5. The molecule has 37 heavy (non-hydrogen) atoms. The summed E-state index contributed by atoms with van der Waals surface area (Å²) in [5.41, 5.74) is 6.08. The molecule has 3 N–H and O–H groups in total. The van der Waals surface area contributed by atoms with E-state index in [9.17, 15) is 26.4 Å². The number of fused-ring (bicyclic) bond motifs is 1. The molecule has 14 heteroatoms. The Morgan fingerprint density at radius 3 is 2.73 bits per heavy atom. The molecule has 1 saturated heterocycles. The zero-order valence-corrected chi connectivity index (χ0v) is 21.0. The molecule has 3 aromatic heterocycles. The van der Waals surface area contributed by atoms with Gasteiger partial charge in [-0.1, -0.05) is 12.1 Å². The molecule has 0 bridgehead atoms. The molecule has 194 valence electrons. The molecule has 9 nitrogen and oxygen atoms in total. The van der Waals surface area contributed by atoms with E-state index in [0.717, 1.165) is 33.7 Å². The standard InChI is InChI=1S/C23H21F3N6O3S2/c1-31-19(23(24,25)26)10-18(29-31)15-9-20(36-12-15)37(34,35)30-17-5-7-32(22(17)33)11-13-2-3-14-4-6-28-21(27)16(14)8-13/h2-4,6,8-10,12,17,30H,5,7,11H2,1H3,(H2,27,28). The van der Waals surface area contributed by atoms with Crippen molar-refractivity contribution in [2.75, 3.05) is 12.3 Å². The number of rotatable bonds is 6. The van der Waals surface area contributed by atoms with E-state index in [1.54, 1.807) is 11.1 Å². The number of aryl methyl sites for hydroxylation is 1. The number of nitrogens with two attached hydrogens (primary N) is 1. The maximum Gasteiger partial charge on any atom is 0.433 e. The van der Waals surface area contributed by atoms with Crippen molar-refractivity contribution in [3.63, 3.8) is 0 Å². The molecule has 0 saturated carbocycles. The Labute approximate surface area is 213 Å². The number of hydrogen-bond donors (Lipinski definition) is 2. The molecular formula is C23H21F3N6O3S2. The van der Waals surface area contributed by atoms with Gasteiger partial charge in [0, 0.05) is 42.7 Å². The average molecular weight is 551 g/mol. The van der Waals surface area contributed by atoms with E-state index in [2.05, 4.69) is 14.8 Å². The SMILES string of the molecule is Cn1nc(-c2csc(S(=O)(=O)NC3CCN(Cc4ccc5ccnc(N)c5c4)C3=O)c2)cc1C(F)(F)F. The van der Waals surface area contributed by atoms with Crippen molar-refractivity contribution in [3.8, 4) is 11.3 Å². The van der Waals surface area contributed by atoms with E-state index >= 15 is 0 Å². The summed E-state index contributed by atoms with van der Waals surface area (Å²) >= 11 is 0.841. The maximum atomic E-state index is 13.1. The van der Waals surface area contributed by atoms with Gasteiger partial charge in [-0.2, -0.15) is 23.0 Å². The van der Waals surface area contributed by atoms with E-state index in [-0.39, 0.29) is 34.3 Å². The number of nitrogens with zero attached hydrogens (tertiary/aromatic N) is 4. The first-order chi connectivity index (χ1) is 17.4. The monoisotopic (exact) mass is 550 g/mol. The van der Waals surface area contributed by atoms with Crippen LogP contribution in [0.1, 0.15) is 17.7 Å². The zero-order valence-electron chi connectivity index (χ0n) is 19.4. The summed E-state index contributed by atoms with van der Waals surface area (Å²) in [5, 5.41) is 6.96. The predicted octanol–water partition coefficient (Wildman–Crippen LogP) is 3.38. The highest BCUT2D eigenvalue weighted by atomic mass is 32.2. The Morgan fingerprint density at radius 2 is 2.00 bits per heavy atom. The lowest BCUT2D eigenvalue weighted by atomic mass is 10.1. The van der Waals surface area contributed by atoms with E-state index in [1.807, 2.05) is 24.3 Å². The van der Waals surface area contributed by atoms with E-state index < -0.39 is 27.9 Å². The summed E-state index contributed by atoms with van der Waals surface area (Å²) in [4.78, 5) is 18.6. The second-order valence-electron chi connectivity index (χ2n) is 8.66. The number of likely N-dealkylation sites (tertiary alicyclic amines) is 1. The summed E-state index contributed by atoms with van der Waals surface area (Å²) < 4.78 is 68.2. The van der Waals surface area contributed by atoms with Crippen LogP contribution in [0.5, 0.6) is 0 Å². The summed E-state index contributed by atoms with van der Waals surface area (Å²) in [5.74, 6) is 0.0209. The number of nitrogens with one attached hydrogen (secondary N) is 1. The highest BCUT2D eigenvalue weighted by Crippen LogP contribution is 2.34. The number of sulfonamides is 1. The van der Waals surface area contributed by atoms with Gasteiger partial charge in [-0.15, -0.1) is 11.3 Å². The molecule has 1 fully saturated rings. The number of nitrogen functional groups attached to an aromatic ring is 1. The van der Waals surface area contributed by atoms with Crippen LogP contribution in [0.15, 0.2) is 52.2 Å². The molecule has 1 aromatic carbocycles. The number of aromatic nitrogens is 3. The first-order valence-corrected chi connectivity index (χ1v) is 13.4. The number of thiophene rings is 1. The van der Waals surface area contributed by atoms with Gasteiger partial charge in [-0.25, -0.2) is 13.4 Å². The minimum atomic E-state index is -4.59. The van der Waals surface area contributed by atoms with Crippen molar-refractivity contribution >= 4 is 43.9 Å². The molecule has 1 amide bonds. The van der Waals surface area contributed by atoms with Crippen molar-refractivity contribution in [2.24, 2.45) is 7.05 Å². The third kappa shape index (κ3) is 4.91. The summed E-state index contributed by atoms with van der Waals surface area (Å²) in [6.45, 7) is 0.641. The van der Waals surface area contributed by atoms with Gasteiger partial charge in [0.15, 0.2) is 0 Å². The summed E-state index contributed by atoms with van der Waals surface area (Å²) in [7, 11) is -2.92. The molecule has 1 aliphatic rings. The van der Waals surface area contributed by atoms with Crippen LogP contribution in [0.3, 0.4) is 0 Å². The van der Waals surface area contributed by atoms with E-state index in [1.165, 1.54) is 18.5 Å². The largest absolute Gasteiger partial charge is 0.433 e. The highest BCUT2D eigenvalue weighted by Gasteiger charge is 2.37. The van der Waals surface area contributed by atoms with Crippen molar-refractivity contribution in [1.29, 1.82) is 0 Å². The van der Waals surface area contributed by atoms with Gasteiger partial charge in [0.1, 0.15) is 21.8 Å². The molecule has 0 spiro atoms. The Hall–Kier alpha value is -3.49. The van der Waals surface area contributed by atoms with Crippen LogP contribution in [0.4, 0.5) is 19.0 Å². The number of carbonyl (C=O) groups excluding carboxylic acids is 1. The van der Waals surface area contributed by atoms with Gasteiger partial charge < -0.3 is 10.6 Å². The number of carbonyl (C=O) groups is 1. The van der Waals surface area contributed by atoms with E-state index in [0.29, 0.717) is 17.0 Å². The summed E-state index contributed by atoms with van der Waals surface area (Å²) in [6.07, 6.45) is -2.69. The van der Waals surface area contributed by atoms with Crippen LogP contribution in [0.2, 0.25) is 0 Å². The Balaban J connectivity index is 1.28. The molecule has 4 heterocycles. The van der Waals surface area contributed by atoms with Crippen LogP contribution in [0, 0.1) is 0 Å². The second kappa shape index (κ2) is 9.11. The van der Waals surface area contributed by atoms with Crippen LogP contribution in [-0.2, 0) is 34.6 Å². The van der Waals surface area contributed by atoms with Crippen molar-refractivity contribution < 1.29 is 26.4 Å². The fourth-order valence-corrected chi connectivity index (χ4v) is 6.69. The van der Waals surface area contributed by atoms with Crippen LogP contribution < -0.4 is 10.5 Å². The Morgan fingerprint density at radius 1 is 1.22 bits per heavy atom. The number of amides is 1. The quantitative estimate of drug-likeness (QED) is 0.380. The Bertz CT molecular complexity index is 1610. The minimum absolute atomic E-state index is 0.00173. The van der Waals surface area contributed by atoms with Gasteiger partial charge in [0.25, 0.3) is 10.0 Å². The highest BCUT2D eigenvalue weighted by molar-refractivity contribution is 7.91. The Kier molecular flexibility index (Phi) is 6.20. The topological polar surface area (TPSA) is 123 Å². The summed E-state index contributed by atoms with van der Waals surface area (Å²) in [6, 6.07) is 8.62. The molecule has 1 aliphatic heterocycles.